The fraction of sp³-hybridized carbons (Fsp3) is 0.429. The number of thiazole rings is 1. The van der Waals surface area contributed by atoms with Gasteiger partial charge in [0.2, 0.25) is 0 Å². The molecule has 0 unspecified atom stereocenters. The number of carbonyl (C=O) groups is 2. The molecule has 0 atom stereocenters. The number of aromatic nitrogens is 1. The van der Waals surface area contributed by atoms with Crippen LogP contribution in [0.5, 0.6) is 0 Å². The summed E-state index contributed by atoms with van der Waals surface area (Å²) >= 11 is 5.66. The minimum Gasteiger partial charge on any atom is -0.511 e. The molecular formula is C21H25N3O4S2. The van der Waals surface area contributed by atoms with Crippen molar-refractivity contribution in [2.45, 2.75) is 62.8 Å². The normalized spacial score (nSPS) is 12.0. The quantitative estimate of drug-likeness (QED) is 0.154. The van der Waals surface area contributed by atoms with E-state index < -0.39 is 11.9 Å². The number of aliphatic hydroxyl groups excluding tert-OH is 1. The van der Waals surface area contributed by atoms with Gasteiger partial charge in [-0.2, -0.15) is 5.26 Å². The largest absolute Gasteiger partial charge is 0.511 e. The highest BCUT2D eigenvalue weighted by Gasteiger charge is 2.26. The van der Waals surface area contributed by atoms with E-state index in [9.17, 15) is 20.0 Å². The zero-order chi connectivity index (χ0) is 22.3. The first-order chi connectivity index (χ1) is 14.2. The summed E-state index contributed by atoms with van der Waals surface area (Å²) < 4.78 is 1.51. The molecule has 2 aromatic rings. The Balaban J connectivity index is 2.15. The van der Waals surface area contributed by atoms with Gasteiger partial charge in [0.15, 0.2) is 5.57 Å². The number of allylic oxidation sites excluding steroid dienone is 1. The van der Waals surface area contributed by atoms with Crippen LogP contribution in [-0.2, 0) is 9.59 Å². The van der Waals surface area contributed by atoms with E-state index >= 15 is 0 Å². The van der Waals surface area contributed by atoms with Crippen LogP contribution in [0.2, 0.25) is 0 Å². The standard InChI is InChI=1S/C21H25N3O4S2/c1-13(2)24(14-9-10-16-18(11-14)30-21(29)23-16)20(28)15(12-22)17(25)7-5-3-4-6-8-19(26)27/h9-11,13,25H,3-8H2,1-2H3,(H,23,29)(H,26,27)/b17-15+. The number of fused-ring (bicyclic) bond motifs is 1. The highest BCUT2D eigenvalue weighted by atomic mass is 32.2. The van der Waals surface area contributed by atoms with Crippen molar-refractivity contribution < 1.29 is 19.8 Å². The maximum Gasteiger partial charge on any atom is 0.303 e. The number of carboxylic acid groups (broad SMARTS) is 1. The van der Waals surface area contributed by atoms with Gasteiger partial charge in [-0.25, -0.2) is 4.98 Å². The van der Waals surface area contributed by atoms with E-state index in [1.54, 1.807) is 12.1 Å². The third kappa shape index (κ3) is 6.21. The molecule has 7 nitrogen and oxygen atoms in total. The van der Waals surface area contributed by atoms with Crippen molar-refractivity contribution in [3.63, 3.8) is 0 Å². The van der Waals surface area contributed by atoms with Crippen molar-refractivity contribution in [3.05, 3.63) is 29.5 Å². The first-order valence-corrected chi connectivity index (χ1v) is 11.0. The maximum absolute atomic E-state index is 13.1. The van der Waals surface area contributed by atoms with Gasteiger partial charge in [0, 0.05) is 24.6 Å². The zero-order valence-corrected chi connectivity index (χ0v) is 18.7. The number of rotatable bonds is 10. The molecule has 1 aromatic heterocycles. The molecule has 1 heterocycles. The number of unbranched alkanes of at least 4 members (excludes halogenated alkanes) is 3. The highest BCUT2D eigenvalue weighted by Crippen LogP contribution is 2.30. The van der Waals surface area contributed by atoms with Crippen LogP contribution in [0, 0.1) is 11.3 Å². The predicted molar refractivity (Wildman–Crippen MR) is 120 cm³/mol. The number of anilines is 1. The lowest BCUT2D eigenvalue weighted by Gasteiger charge is -2.27. The SMILES string of the molecule is CC(C)N(C(=O)/C(C#N)=C(/O)CCCCCCC(=O)O)c1ccc2nc(S)sc2c1. The molecule has 1 amide bonds. The van der Waals surface area contributed by atoms with E-state index in [2.05, 4.69) is 17.6 Å². The number of hydrogen-bond donors (Lipinski definition) is 3. The second-order valence-electron chi connectivity index (χ2n) is 7.16. The number of aliphatic hydroxyl groups is 1. The Kier molecular flexibility index (Phi) is 8.69. The topological polar surface area (TPSA) is 115 Å². The van der Waals surface area contributed by atoms with E-state index in [4.69, 9.17) is 5.11 Å². The van der Waals surface area contributed by atoms with Crippen molar-refractivity contribution in [1.29, 1.82) is 5.26 Å². The molecule has 0 aliphatic rings. The molecule has 0 saturated heterocycles. The second kappa shape index (κ2) is 11.0. The Morgan fingerprint density at radius 1 is 1.20 bits per heavy atom. The molecule has 0 aliphatic heterocycles. The number of carboxylic acids is 1. The van der Waals surface area contributed by atoms with Crippen molar-refractivity contribution in [1.82, 2.24) is 4.98 Å². The van der Waals surface area contributed by atoms with Crippen LogP contribution in [0.15, 0.2) is 33.9 Å². The van der Waals surface area contributed by atoms with E-state index in [1.165, 1.54) is 16.2 Å². The summed E-state index contributed by atoms with van der Waals surface area (Å²) in [6.07, 6.45) is 2.89. The highest BCUT2D eigenvalue weighted by molar-refractivity contribution is 7.82. The molecule has 2 N–H and O–H groups in total. The Morgan fingerprint density at radius 3 is 2.47 bits per heavy atom. The van der Waals surface area contributed by atoms with Gasteiger partial charge in [-0.05, 0) is 44.9 Å². The summed E-state index contributed by atoms with van der Waals surface area (Å²) in [5, 5.41) is 28.5. The number of carbonyl (C=O) groups excluding carboxylic acids is 1. The summed E-state index contributed by atoms with van der Waals surface area (Å²) in [5.41, 5.74) is 1.13. The number of hydrogen-bond acceptors (Lipinski definition) is 7. The second-order valence-corrected chi connectivity index (χ2v) is 8.92. The maximum atomic E-state index is 13.1. The van der Waals surface area contributed by atoms with E-state index in [0.717, 1.165) is 16.6 Å². The summed E-state index contributed by atoms with van der Waals surface area (Å²) in [5.74, 6) is -1.61. The lowest BCUT2D eigenvalue weighted by Crippen LogP contribution is -2.38. The summed E-state index contributed by atoms with van der Waals surface area (Å²) in [7, 11) is 0. The van der Waals surface area contributed by atoms with Gasteiger partial charge >= 0.3 is 5.97 Å². The molecular weight excluding hydrogens is 422 g/mol. The summed E-state index contributed by atoms with van der Waals surface area (Å²) in [6, 6.07) is 7.02. The Morgan fingerprint density at radius 2 is 1.87 bits per heavy atom. The molecule has 0 bridgehead atoms. The lowest BCUT2D eigenvalue weighted by molar-refractivity contribution is -0.137. The van der Waals surface area contributed by atoms with E-state index in [0.29, 0.717) is 29.3 Å². The average Bonchev–Trinajstić information content (AvgIpc) is 3.04. The van der Waals surface area contributed by atoms with Crippen LogP contribution in [0.4, 0.5) is 5.69 Å². The van der Waals surface area contributed by atoms with Crippen LogP contribution in [0.25, 0.3) is 10.2 Å². The Labute approximate surface area is 185 Å². The number of benzene rings is 1. The average molecular weight is 448 g/mol. The van der Waals surface area contributed by atoms with Gasteiger partial charge in [-0.1, -0.05) is 12.8 Å². The number of nitriles is 1. The predicted octanol–water partition coefficient (Wildman–Crippen LogP) is 5.09. The molecule has 30 heavy (non-hydrogen) atoms. The number of amides is 1. The van der Waals surface area contributed by atoms with Gasteiger partial charge in [-0.3, -0.25) is 9.59 Å². The van der Waals surface area contributed by atoms with Crippen LogP contribution in [0.3, 0.4) is 0 Å². The monoisotopic (exact) mass is 447 g/mol. The molecule has 0 fully saturated rings. The smallest absolute Gasteiger partial charge is 0.303 e. The molecule has 1 aromatic carbocycles. The van der Waals surface area contributed by atoms with Crippen LogP contribution in [-0.4, -0.2) is 33.1 Å². The fourth-order valence-electron chi connectivity index (χ4n) is 3.10. The zero-order valence-electron chi connectivity index (χ0n) is 17.0. The minimum atomic E-state index is -0.828. The van der Waals surface area contributed by atoms with Crippen molar-refractivity contribution in [2.24, 2.45) is 0 Å². The molecule has 0 aliphatic carbocycles. The Bertz CT molecular complexity index is 992. The van der Waals surface area contributed by atoms with Gasteiger partial charge in [0.1, 0.15) is 16.2 Å². The molecule has 0 radical (unpaired) electrons. The van der Waals surface area contributed by atoms with Crippen LogP contribution in [0.1, 0.15) is 52.4 Å². The van der Waals surface area contributed by atoms with Gasteiger partial charge in [0.05, 0.1) is 10.2 Å². The third-order valence-electron chi connectivity index (χ3n) is 4.54. The van der Waals surface area contributed by atoms with Crippen molar-refractivity contribution >= 4 is 51.7 Å². The molecule has 160 valence electrons. The number of nitrogens with zero attached hydrogens (tertiary/aromatic N) is 3. The Hall–Kier alpha value is -2.57. The van der Waals surface area contributed by atoms with Crippen molar-refractivity contribution in [2.75, 3.05) is 4.90 Å². The van der Waals surface area contributed by atoms with Gasteiger partial charge in [0.25, 0.3) is 5.91 Å². The summed E-state index contributed by atoms with van der Waals surface area (Å²) in [4.78, 5) is 29.4. The van der Waals surface area contributed by atoms with Crippen molar-refractivity contribution in [3.8, 4) is 6.07 Å². The van der Waals surface area contributed by atoms with Crippen LogP contribution >= 0.6 is 24.0 Å². The molecule has 0 saturated carbocycles. The number of thiol groups is 1. The first kappa shape index (κ1) is 23.7. The van der Waals surface area contributed by atoms with E-state index in [1.807, 2.05) is 26.0 Å². The fourth-order valence-corrected chi connectivity index (χ4v) is 4.25. The lowest BCUT2D eigenvalue weighted by atomic mass is 10.1. The number of aliphatic carboxylic acids is 1. The van der Waals surface area contributed by atoms with E-state index in [-0.39, 0.29) is 30.2 Å². The molecule has 2 rings (SSSR count). The van der Waals surface area contributed by atoms with Gasteiger partial charge < -0.3 is 15.1 Å². The minimum absolute atomic E-state index is 0.117. The molecule has 0 spiro atoms. The third-order valence-corrected chi connectivity index (χ3v) is 5.74. The van der Waals surface area contributed by atoms with Crippen LogP contribution < -0.4 is 4.90 Å². The summed E-state index contributed by atoms with van der Waals surface area (Å²) in [6.45, 7) is 3.68. The first-order valence-electron chi connectivity index (χ1n) is 9.71. The van der Waals surface area contributed by atoms with Gasteiger partial charge in [-0.15, -0.1) is 24.0 Å². The molecule has 9 heteroatoms.